The lowest BCUT2D eigenvalue weighted by atomic mass is 10.3. The average Bonchev–Trinajstić information content (AvgIpc) is 3.27. The molecule has 26 heavy (non-hydrogen) atoms. The Balaban J connectivity index is 1.47. The lowest BCUT2D eigenvalue weighted by Crippen LogP contribution is -2.17. The van der Waals surface area contributed by atoms with Crippen LogP contribution in [0.4, 0.5) is 5.82 Å². The highest BCUT2D eigenvalue weighted by molar-refractivity contribution is 7.99. The lowest BCUT2D eigenvalue weighted by molar-refractivity contribution is -0.113. The predicted octanol–water partition coefficient (Wildman–Crippen LogP) is 3.16. The van der Waals surface area contributed by atoms with Gasteiger partial charge in [-0.15, -0.1) is 5.10 Å². The Hall–Kier alpha value is -2.61. The number of aromatic amines is 1. The maximum absolute atomic E-state index is 12.4. The summed E-state index contributed by atoms with van der Waals surface area (Å²) in [6.45, 7) is 2.00. The molecule has 0 bridgehead atoms. The Kier molecular flexibility index (Phi) is 4.75. The van der Waals surface area contributed by atoms with E-state index in [0.717, 1.165) is 23.6 Å². The molecule has 1 fully saturated rings. The third kappa shape index (κ3) is 3.80. The van der Waals surface area contributed by atoms with E-state index in [4.69, 9.17) is 5.10 Å². The fourth-order valence-electron chi connectivity index (χ4n) is 2.64. The summed E-state index contributed by atoms with van der Waals surface area (Å²) >= 11 is 1.32. The number of aromatic nitrogens is 5. The number of thioether (sulfide) groups is 1. The highest BCUT2D eigenvalue weighted by Crippen LogP contribution is 2.40. The van der Waals surface area contributed by atoms with Gasteiger partial charge in [-0.05, 0) is 25.0 Å². The molecular formula is C18H20N6OS. The number of carbonyl (C=O) groups excluding carboxylic acids is 1. The van der Waals surface area contributed by atoms with Crippen molar-refractivity contribution in [2.45, 2.75) is 37.3 Å². The summed E-state index contributed by atoms with van der Waals surface area (Å²) in [5.74, 6) is 2.19. The van der Waals surface area contributed by atoms with E-state index in [2.05, 4.69) is 20.5 Å². The van der Waals surface area contributed by atoms with Gasteiger partial charge in [-0.1, -0.05) is 36.9 Å². The van der Waals surface area contributed by atoms with E-state index < -0.39 is 0 Å². The van der Waals surface area contributed by atoms with Crippen LogP contribution in [-0.4, -0.2) is 36.6 Å². The molecule has 3 aromatic rings. The van der Waals surface area contributed by atoms with Gasteiger partial charge in [-0.2, -0.15) is 5.10 Å². The van der Waals surface area contributed by atoms with Crippen LogP contribution in [0.5, 0.6) is 0 Å². The molecule has 0 atom stereocenters. The first-order valence-corrected chi connectivity index (χ1v) is 9.71. The molecule has 0 radical (unpaired) electrons. The van der Waals surface area contributed by atoms with Crippen LogP contribution in [0.1, 0.15) is 37.2 Å². The molecule has 2 aromatic heterocycles. The highest BCUT2D eigenvalue weighted by Gasteiger charge is 2.28. The number of nitrogens with zero attached hydrogens (tertiary/aromatic N) is 4. The van der Waals surface area contributed by atoms with Crippen molar-refractivity contribution < 1.29 is 4.79 Å². The molecule has 1 aromatic carbocycles. The number of hydrogen-bond donors (Lipinski definition) is 2. The molecule has 8 heteroatoms. The number of aryl methyl sites for hydroxylation is 1. The molecule has 2 N–H and O–H groups in total. The highest BCUT2D eigenvalue weighted by atomic mass is 32.2. The van der Waals surface area contributed by atoms with Crippen LogP contribution in [-0.2, 0) is 11.2 Å². The van der Waals surface area contributed by atoms with Crippen LogP contribution in [0.15, 0.2) is 41.6 Å². The van der Waals surface area contributed by atoms with Crippen LogP contribution >= 0.6 is 11.8 Å². The monoisotopic (exact) mass is 368 g/mol. The van der Waals surface area contributed by atoms with Crippen LogP contribution < -0.4 is 5.32 Å². The van der Waals surface area contributed by atoms with Gasteiger partial charge < -0.3 is 5.32 Å². The standard InChI is InChI=1S/C18H20N6OS/c1-2-15-19-18(22-21-15)26-11-17(25)20-16-10-14(12-8-9-12)23-24(16)13-6-4-3-5-7-13/h3-7,10,12H,2,8-9,11H2,1H3,(H,20,25)(H,19,21,22). The maximum atomic E-state index is 12.4. The fourth-order valence-corrected chi connectivity index (χ4v) is 3.26. The van der Waals surface area contributed by atoms with E-state index in [0.29, 0.717) is 16.9 Å². The summed E-state index contributed by atoms with van der Waals surface area (Å²) in [6.07, 6.45) is 3.12. The number of hydrogen-bond acceptors (Lipinski definition) is 5. The van der Waals surface area contributed by atoms with E-state index >= 15 is 0 Å². The van der Waals surface area contributed by atoms with E-state index in [9.17, 15) is 4.79 Å². The second-order valence-electron chi connectivity index (χ2n) is 6.23. The van der Waals surface area contributed by atoms with Gasteiger partial charge in [0.2, 0.25) is 11.1 Å². The van der Waals surface area contributed by atoms with Crippen molar-refractivity contribution in [1.29, 1.82) is 0 Å². The number of carbonyl (C=O) groups is 1. The SMILES string of the molecule is CCc1nc(SCC(=O)Nc2cc(C3CC3)nn2-c2ccccc2)n[nH]1. The minimum absolute atomic E-state index is 0.0997. The van der Waals surface area contributed by atoms with Crippen molar-refractivity contribution in [2.24, 2.45) is 0 Å². The number of benzene rings is 1. The molecule has 0 saturated heterocycles. The quantitative estimate of drug-likeness (QED) is 0.626. The van der Waals surface area contributed by atoms with Crippen LogP contribution in [0.25, 0.3) is 5.69 Å². The first-order valence-electron chi connectivity index (χ1n) is 8.72. The van der Waals surface area contributed by atoms with E-state index in [1.54, 1.807) is 4.68 Å². The molecular weight excluding hydrogens is 348 g/mol. The molecule has 1 saturated carbocycles. The Morgan fingerprint density at radius 1 is 1.35 bits per heavy atom. The minimum atomic E-state index is -0.0997. The third-order valence-electron chi connectivity index (χ3n) is 4.17. The molecule has 134 valence electrons. The molecule has 2 heterocycles. The van der Waals surface area contributed by atoms with Crippen LogP contribution in [0, 0.1) is 0 Å². The van der Waals surface area contributed by atoms with E-state index in [1.165, 1.54) is 24.6 Å². The third-order valence-corrected chi connectivity index (χ3v) is 5.02. The summed E-state index contributed by atoms with van der Waals surface area (Å²) < 4.78 is 1.80. The number of para-hydroxylation sites is 1. The first-order chi connectivity index (χ1) is 12.7. The Bertz CT molecular complexity index is 900. The van der Waals surface area contributed by atoms with Crippen molar-refractivity contribution in [3.05, 3.63) is 47.9 Å². The van der Waals surface area contributed by atoms with Gasteiger partial charge in [-0.25, -0.2) is 9.67 Å². The number of H-pyrrole nitrogens is 1. The zero-order valence-electron chi connectivity index (χ0n) is 14.5. The molecule has 0 aliphatic heterocycles. The largest absolute Gasteiger partial charge is 0.310 e. The van der Waals surface area contributed by atoms with Gasteiger partial charge >= 0.3 is 0 Å². The van der Waals surface area contributed by atoms with Crippen molar-refractivity contribution >= 4 is 23.5 Å². The Morgan fingerprint density at radius 2 is 2.15 bits per heavy atom. The Morgan fingerprint density at radius 3 is 2.85 bits per heavy atom. The first kappa shape index (κ1) is 16.8. The van der Waals surface area contributed by atoms with Crippen molar-refractivity contribution in [3.63, 3.8) is 0 Å². The summed E-state index contributed by atoms with van der Waals surface area (Å²) in [7, 11) is 0. The molecule has 7 nitrogen and oxygen atoms in total. The molecule has 1 amide bonds. The van der Waals surface area contributed by atoms with Gasteiger partial charge in [0, 0.05) is 18.4 Å². The molecule has 1 aliphatic carbocycles. The second kappa shape index (κ2) is 7.33. The number of nitrogens with one attached hydrogen (secondary N) is 2. The number of anilines is 1. The van der Waals surface area contributed by atoms with Crippen molar-refractivity contribution in [3.8, 4) is 5.69 Å². The zero-order chi connectivity index (χ0) is 17.9. The topological polar surface area (TPSA) is 88.5 Å². The van der Waals surface area contributed by atoms with Gasteiger partial charge in [0.15, 0.2) is 0 Å². The molecule has 1 aliphatic rings. The summed E-state index contributed by atoms with van der Waals surface area (Å²) in [5.41, 5.74) is 1.97. The van der Waals surface area contributed by atoms with Crippen molar-refractivity contribution in [1.82, 2.24) is 25.0 Å². The van der Waals surface area contributed by atoms with E-state index in [-0.39, 0.29) is 11.7 Å². The summed E-state index contributed by atoms with van der Waals surface area (Å²) in [4.78, 5) is 16.7. The summed E-state index contributed by atoms with van der Waals surface area (Å²) in [6, 6.07) is 11.8. The molecule has 4 rings (SSSR count). The van der Waals surface area contributed by atoms with E-state index in [1.807, 2.05) is 43.3 Å². The Labute approximate surface area is 155 Å². The fraction of sp³-hybridized carbons (Fsp3) is 0.333. The van der Waals surface area contributed by atoms with Crippen LogP contribution in [0.2, 0.25) is 0 Å². The van der Waals surface area contributed by atoms with Gasteiger partial charge in [0.05, 0.1) is 17.1 Å². The van der Waals surface area contributed by atoms with Gasteiger partial charge in [-0.3, -0.25) is 9.89 Å². The normalized spacial score (nSPS) is 13.7. The second-order valence-corrected chi connectivity index (χ2v) is 7.17. The number of rotatable bonds is 7. The lowest BCUT2D eigenvalue weighted by Gasteiger charge is -2.08. The summed E-state index contributed by atoms with van der Waals surface area (Å²) in [5, 5.41) is 15.2. The number of amides is 1. The predicted molar refractivity (Wildman–Crippen MR) is 101 cm³/mol. The maximum Gasteiger partial charge on any atom is 0.236 e. The zero-order valence-corrected chi connectivity index (χ0v) is 15.3. The molecule has 0 spiro atoms. The van der Waals surface area contributed by atoms with Gasteiger partial charge in [0.25, 0.3) is 0 Å². The molecule has 0 unspecified atom stereocenters. The van der Waals surface area contributed by atoms with Crippen LogP contribution in [0.3, 0.4) is 0 Å². The van der Waals surface area contributed by atoms with Crippen molar-refractivity contribution in [2.75, 3.05) is 11.1 Å². The average molecular weight is 368 g/mol. The van der Waals surface area contributed by atoms with Gasteiger partial charge in [0.1, 0.15) is 11.6 Å². The smallest absolute Gasteiger partial charge is 0.236 e. The minimum Gasteiger partial charge on any atom is -0.310 e.